The second-order valence-electron chi connectivity index (χ2n) is 8.24. The maximum absolute atomic E-state index is 13.4. The van der Waals surface area contributed by atoms with E-state index in [2.05, 4.69) is 28.7 Å². The van der Waals surface area contributed by atoms with E-state index >= 15 is 0 Å². The summed E-state index contributed by atoms with van der Waals surface area (Å²) < 4.78 is 5.77. The number of nitrogens with one attached hydrogen (secondary N) is 1. The second kappa shape index (κ2) is 9.12. The largest absolute Gasteiger partial charge is 0.334 e. The number of thiophene rings is 1. The fraction of sp³-hybridized carbons (Fsp3) is 0.192. The number of allylic oxidation sites excluding steroid dienone is 1. The molecule has 1 N–H and O–H groups in total. The Morgan fingerprint density at radius 3 is 2.44 bits per heavy atom. The van der Waals surface area contributed by atoms with Gasteiger partial charge >= 0.3 is 6.03 Å². The zero-order valence-electron chi connectivity index (χ0n) is 19.3. The molecule has 0 spiro atoms. The minimum Gasteiger partial charge on any atom is -0.334 e. The zero-order valence-corrected chi connectivity index (χ0v) is 21.0. The lowest BCUT2D eigenvalue weighted by atomic mass is 9.94. The molecule has 2 aromatic heterocycles. The number of aromatic nitrogens is 2. The van der Waals surface area contributed by atoms with Crippen LogP contribution < -0.4 is 10.2 Å². The molecule has 4 aromatic rings. The number of hydrogen-bond donors (Lipinski definition) is 1. The number of hydrogen-bond acceptors (Lipinski definition) is 6. The number of anilines is 1. The van der Waals surface area contributed by atoms with Crippen LogP contribution >= 0.6 is 23.1 Å². The Hall–Kier alpha value is -3.36. The van der Waals surface area contributed by atoms with E-state index in [-0.39, 0.29) is 6.03 Å². The Labute approximate surface area is 206 Å². The van der Waals surface area contributed by atoms with Gasteiger partial charge in [0, 0.05) is 10.6 Å². The number of carbonyl (C=O) groups excluding carboxylic acids is 1. The molecule has 172 valence electrons. The van der Waals surface area contributed by atoms with Crippen LogP contribution in [-0.4, -0.2) is 22.4 Å². The number of carbonyl (C=O) groups is 1. The first-order chi connectivity index (χ1) is 16.4. The Morgan fingerprint density at radius 1 is 1.06 bits per heavy atom. The molecule has 1 aliphatic heterocycles. The van der Waals surface area contributed by atoms with E-state index < -0.39 is 6.04 Å². The Kier molecular flexibility index (Phi) is 6.02. The van der Waals surface area contributed by atoms with Crippen molar-refractivity contribution in [3.63, 3.8) is 0 Å². The van der Waals surface area contributed by atoms with Crippen molar-refractivity contribution in [2.75, 3.05) is 11.2 Å². The predicted octanol–water partition coefficient (Wildman–Crippen LogP) is 6.84. The highest BCUT2D eigenvalue weighted by atomic mass is 32.2. The van der Waals surface area contributed by atoms with E-state index in [4.69, 9.17) is 9.51 Å². The molecule has 2 amide bonds. The van der Waals surface area contributed by atoms with Gasteiger partial charge in [-0.15, -0.1) is 23.1 Å². The van der Waals surface area contributed by atoms with E-state index in [0.717, 1.165) is 43.4 Å². The highest BCUT2D eigenvalue weighted by molar-refractivity contribution is 7.98. The molecular weight excluding hydrogens is 464 g/mol. The van der Waals surface area contributed by atoms with Crippen molar-refractivity contribution in [2.24, 2.45) is 0 Å². The van der Waals surface area contributed by atoms with Crippen molar-refractivity contribution < 1.29 is 9.32 Å². The average molecular weight is 489 g/mol. The minimum atomic E-state index is -0.415. The van der Waals surface area contributed by atoms with Gasteiger partial charge in [-0.05, 0) is 79.4 Å². The highest BCUT2D eigenvalue weighted by Crippen LogP contribution is 2.40. The van der Waals surface area contributed by atoms with Gasteiger partial charge in [0.15, 0.2) is 0 Å². The van der Waals surface area contributed by atoms with Crippen LogP contribution in [0.3, 0.4) is 0 Å². The molecular formula is C26H24N4O2S2. The van der Waals surface area contributed by atoms with Gasteiger partial charge in [-0.1, -0.05) is 29.4 Å². The van der Waals surface area contributed by atoms with E-state index in [1.165, 1.54) is 0 Å². The molecule has 0 radical (unpaired) electrons. The van der Waals surface area contributed by atoms with Crippen LogP contribution in [-0.2, 0) is 0 Å². The minimum absolute atomic E-state index is 0.191. The SMILES string of the molecule is CSc1ccc(C2NC(=O)N(c3cc(C)cc(C)c3)C(C)=C2c2nc(-c3cccs3)no2)cc1. The van der Waals surface area contributed by atoms with Gasteiger partial charge in [0.1, 0.15) is 0 Å². The molecule has 2 aromatic carbocycles. The number of benzene rings is 2. The topological polar surface area (TPSA) is 71.3 Å². The standard InChI is InChI=1S/C26H24N4O2S2/c1-15-12-16(2)14-19(13-15)30-17(3)22(25-28-24(29-32-25)21-6-5-11-34-21)23(27-26(30)31)18-7-9-20(33-4)10-8-18/h5-14,23H,1-4H3,(H,27,31). The molecule has 5 rings (SSSR count). The van der Waals surface area contributed by atoms with Crippen molar-refractivity contribution in [3.8, 4) is 10.7 Å². The van der Waals surface area contributed by atoms with Crippen molar-refractivity contribution in [1.82, 2.24) is 15.5 Å². The first-order valence-electron chi connectivity index (χ1n) is 10.9. The van der Waals surface area contributed by atoms with E-state index in [1.54, 1.807) is 28.0 Å². The molecule has 1 unspecified atom stereocenters. The third-order valence-electron chi connectivity index (χ3n) is 5.80. The summed E-state index contributed by atoms with van der Waals surface area (Å²) in [7, 11) is 0. The summed E-state index contributed by atoms with van der Waals surface area (Å²) in [5.74, 6) is 0.936. The monoisotopic (exact) mass is 488 g/mol. The molecule has 1 aliphatic rings. The number of nitrogens with zero attached hydrogens (tertiary/aromatic N) is 3. The van der Waals surface area contributed by atoms with Crippen LogP contribution in [0.5, 0.6) is 0 Å². The fourth-order valence-electron chi connectivity index (χ4n) is 4.30. The molecule has 1 atom stereocenters. The molecule has 3 heterocycles. The van der Waals surface area contributed by atoms with E-state index in [1.807, 2.05) is 68.8 Å². The van der Waals surface area contributed by atoms with Gasteiger partial charge in [0.05, 0.1) is 22.2 Å². The zero-order chi connectivity index (χ0) is 23.8. The number of thioether (sulfide) groups is 1. The number of amides is 2. The van der Waals surface area contributed by atoms with Gasteiger partial charge in [0.2, 0.25) is 5.82 Å². The predicted molar refractivity (Wildman–Crippen MR) is 138 cm³/mol. The maximum Gasteiger partial charge on any atom is 0.326 e. The van der Waals surface area contributed by atoms with Crippen molar-refractivity contribution in [3.05, 3.63) is 88.3 Å². The van der Waals surface area contributed by atoms with Crippen LogP contribution in [0.1, 0.15) is 35.5 Å². The lowest BCUT2D eigenvalue weighted by molar-refractivity contribution is 0.244. The lowest BCUT2D eigenvalue weighted by Gasteiger charge is -2.35. The maximum atomic E-state index is 13.4. The number of urea groups is 1. The van der Waals surface area contributed by atoms with Crippen LogP contribution in [0.4, 0.5) is 10.5 Å². The van der Waals surface area contributed by atoms with Crippen molar-refractivity contribution in [2.45, 2.75) is 31.7 Å². The second-order valence-corrected chi connectivity index (χ2v) is 10.1. The average Bonchev–Trinajstić information content (AvgIpc) is 3.50. The summed E-state index contributed by atoms with van der Waals surface area (Å²) in [4.78, 5) is 21.9. The fourth-order valence-corrected chi connectivity index (χ4v) is 5.35. The number of rotatable bonds is 5. The third kappa shape index (κ3) is 4.15. The van der Waals surface area contributed by atoms with Gasteiger partial charge in [-0.2, -0.15) is 4.98 Å². The Bertz CT molecular complexity index is 1350. The molecule has 0 saturated heterocycles. The third-order valence-corrected chi connectivity index (χ3v) is 7.41. The summed E-state index contributed by atoms with van der Waals surface area (Å²) in [5.41, 5.74) is 5.48. The summed E-state index contributed by atoms with van der Waals surface area (Å²) >= 11 is 3.23. The smallest absolute Gasteiger partial charge is 0.326 e. The van der Waals surface area contributed by atoms with Crippen LogP contribution in [0, 0.1) is 13.8 Å². The quantitative estimate of drug-likeness (QED) is 0.311. The molecule has 0 bridgehead atoms. The summed E-state index contributed by atoms with van der Waals surface area (Å²) in [6.45, 7) is 5.99. The summed E-state index contributed by atoms with van der Waals surface area (Å²) in [5, 5.41) is 9.38. The molecule has 0 aliphatic carbocycles. The van der Waals surface area contributed by atoms with Gasteiger partial charge < -0.3 is 9.84 Å². The Balaban J connectivity index is 1.66. The lowest BCUT2D eigenvalue weighted by Crippen LogP contribution is -2.46. The van der Waals surface area contributed by atoms with E-state index in [0.29, 0.717) is 11.7 Å². The van der Waals surface area contributed by atoms with E-state index in [9.17, 15) is 4.79 Å². The van der Waals surface area contributed by atoms with Gasteiger partial charge in [-0.3, -0.25) is 4.90 Å². The summed E-state index contributed by atoms with van der Waals surface area (Å²) in [6, 6.07) is 17.6. The van der Waals surface area contributed by atoms with Crippen LogP contribution in [0.25, 0.3) is 16.3 Å². The normalized spacial score (nSPS) is 16.2. The van der Waals surface area contributed by atoms with Gasteiger partial charge in [-0.25, -0.2) is 4.79 Å². The first kappa shape index (κ1) is 22.4. The molecule has 6 nitrogen and oxygen atoms in total. The van der Waals surface area contributed by atoms with Gasteiger partial charge in [0.25, 0.3) is 5.89 Å². The van der Waals surface area contributed by atoms with Crippen LogP contribution in [0.15, 0.2) is 75.1 Å². The first-order valence-corrected chi connectivity index (χ1v) is 13.0. The van der Waals surface area contributed by atoms with Crippen molar-refractivity contribution >= 4 is 40.4 Å². The molecule has 0 fully saturated rings. The van der Waals surface area contributed by atoms with Crippen LogP contribution in [0.2, 0.25) is 0 Å². The molecule has 8 heteroatoms. The highest BCUT2D eigenvalue weighted by Gasteiger charge is 2.36. The Morgan fingerprint density at radius 2 is 1.79 bits per heavy atom. The summed E-state index contributed by atoms with van der Waals surface area (Å²) in [6.07, 6.45) is 2.04. The molecule has 0 saturated carbocycles. The number of aryl methyl sites for hydroxylation is 2. The molecule has 34 heavy (non-hydrogen) atoms. The van der Waals surface area contributed by atoms with Crippen molar-refractivity contribution in [1.29, 1.82) is 0 Å².